The molecule has 0 spiro atoms. The monoisotopic (exact) mass is 327 g/mol. The van der Waals surface area contributed by atoms with Gasteiger partial charge in [-0.1, -0.05) is 11.8 Å². The molecule has 0 aromatic heterocycles. The van der Waals surface area contributed by atoms with Crippen LogP contribution in [0.2, 0.25) is 0 Å². The van der Waals surface area contributed by atoms with E-state index in [9.17, 15) is 13.2 Å². The number of anilines is 2. The van der Waals surface area contributed by atoms with Gasteiger partial charge in [0, 0.05) is 24.1 Å². The molecule has 1 aliphatic heterocycles. The van der Waals surface area contributed by atoms with Crippen molar-refractivity contribution in [2.75, 3.05) is 28.7 Å². The molecule has 1 aromatic carbocycles. The lowest BCUT2D eigenvalue weighted by Gasteiger charge is -2.09. The number of hydrogen-bond acceptors (Lipinski definition) is 5. The number of rotatable bonds is 5. The van der Waals surface area contributed by atoms with E-state index in [4.69, 9.17) is 0 Å². The number of nitrogens with one attached hydrogen (secondary N) is 2. The van der Waals surface area contributed by atoms with Crippen molar-refractivity contribution in [3.8, 4) is 0 Å². The molecular weight excluding hydrogens is 310 g/mol. The van der Waals surface area contributed by atoms with E-state index >= 15 is 0 Å². The predicted molar refractivity (Wildman–Crippen MR) is 86.5 cm³/mol. The van der Waals surface area contributed by atoms with E-state index in [1.807, 2.05) is 6.92 Å². The molecular formula is C13H17N3O3S2. The molecule has 8 heteroatoms. The van der Waals surface area contributed by atoms with E-state index in [1.165, 1.54) is 11.8 Å². The molecule has 21 heavy (non-hydrogen) atoms. The zero-order valence-corrected chi connectivity index (χ0v) is 13.4. The van der Waals surface area contributed by atoms with Gasteiger partial charge < -0.3 is 10.2 Å². The summed E-state index contributed by atoms with van der Waals surface area (Å²) in [7, 11) is -3.27. The van der Waals surface area contributed by atoms with Gasteiger partial charge in [-0.15, -0.1) is 0 Å². The fourth-order valence-corrected chi connectivity index (χ4v) is 3.31. The van der Waals surface area contributed by atoms with E-state index in [2.05, 4.69) is 10.0 Å². The summed E-state index contributed by atoms with van der Waals surface area (Å²) in [5, 5.41) is 3.04. The van der Waals surface area contributed by atoms with Crippen LogP contribution in [0.25, 0.3) is 0 Å². The van der Waals surface area contributed by atoms with Crippen LogP contribution in [0.5, 0.6) is 0 Å². The molecule has 0 aliphatic carbocycles. The molecule has 0 radical (unpaired) electrons. The summed E-state index contributed by atoms with van der Waals surface area (Å²) in [4.78, 5) is 14.3. The first-order valence-corrected chi connectivity index (χ1v) is 9.23. The number of nitrogens with zero attached hydrogens (tertiary/aromatic N) is 1. The molecule has 2 rings (SSSR count). The summed E-state index contributed by atoms with van der Waals surface area (Å²) < 4.78 is 24.6. The molecule has 1 heterocycles. The van der Waals surface area contributed by atoms with E-state index in [0.29, 0.717) is 23.0 Å². The Morgan fingerprint density at radius 3 is 2.43 bits per heavy atom. The molecule has 6 nitrogen and oxygen atoms in total. The normalized spacial score (nSPS) is 17.3. The van der Waals surface area contributed by atoms with Gasteiger partial charge in [-0.25, -0.2) is 8.42 Å². The van der Waals surface area contributed by atoms with E-state index in [-0.39, 0.29) is 5.91 Å². The van der Waals surface area contributed by atoms with E-state index in [1.54, 1.807) is 35.4 Å². The third kappa shape index (κ3) is 4.40. The number of amides is 1. The maximum atomic E-state index is 11.9. The Morgan fingerprint density at radius 2 is 1.90 bits per heavy atom. The first kappa shape index (κ1) is 15.7. The van der Waals surface area contributed by atoms with Crippen LogP contribution in [0.4, 0.5) is 11.4 Å². The molecule has 1 amide bonds. The lowest BCUT2D eigenvalue weighted by molar-refractivity contribution is -0.124. The maximum absolute atomic E-state index is 11.9. The van der Waals surface area contributed by atoms with Gasteiger partial charge in [0.05, 0.1) is 17.0 Å². The Kier molecular flexibility index (Phi) is 4.79. The van der Waals surface area contributed by atoms with Crippen LogP contribution in [-0.2, 0) is 14.8 Å². The van der Waals surface area contributed by atoms with Gasteiger partial charge in [0.1, 0.15) is 0 Å². The van der Waals surface area contributed by atoms with Crippen molar-refractivity contribution in [2.45, 2.75) is 6.92 Å². The second kappa shape index (κ2) is 6.40. The molecule has 1 saturated heterocycles. The Bertz CT molecular complexity index is 654. The van der Waals surface area contributed by atoms with E-state index in [0.717, 1.165) is 11.9 Å². The van der Waals surface area contributed by atoms with Crippen LogP contribution in [-0.4, -0.2) is 37.9 Å². The summed E-state index contributed by atoms with van der Waals surface area (Å²) in [6, 6.07) is 6.80. The zero-order chi connectivity index (χ0) is 15.5. The fourth-order valence-electron chi connectivity index (χ4n) is 1.76. The number of hydrogen-bond donors (Lipinski definition) is 2. The highest BCUT2D eigenvalue weighted by Gasteiger charge is 2.24. The molecule has 114 valence electrons. The molecule has 1 fully saturated rings. The van der Waals surface area contributed by atoms with Crippen LogP contribution >= 0.6 is 11.8 Å². The Hall–Kier alpha value is -1.67. The second-order valence-electron chi connectivity index (χ2n) is 4.54. The Morgan fingerprint density at radius 1 is 1.29 bits per heavy atom. The largest absolute Gasteiger partial charge is 0.360 e. The van der Waals surface area contributed by atoms with Crippen LogP contribution in [0.1, 0.15) is 6.92 Å². The van der Waals surface area contributed by atoms with Crippen molar-refractivity contribution in [3.63, 3.8) is 0 Å². The molecule has 0 atom stereocenters. The third-order valence-corrected chi connectivity index (χ3v) is 4.46. The minimum absolute atomic E-state index is 0.0327. The summed E-state index contributed by atoms with van der Waals surface area (Å²) in [6.07, 6.45) is 2.79. The van der Waals surface area contributed by atoms with Gasteiger partial charge in [-0.05, 0) is 31.2 Å². The number of likely N-dealkylation sites (N-methyl/N-ethyl adjacent to an activating group) is 1. The quantitative estimate of drug-likeness (QED) is 0.807. The number of sulfonamides is 1. The zero-order valence-electron chi connectivity index (χ0n) is 11.8. The van der Waals surface area contributed by atoms with Gasteiger partial charge >= 0.3 is 0 Å². The first-order valence-electron chi connectivity index (χ1n) is 6.35. The van der Waals surface area contributed by atoms with Crippen molar-refractivity contribution in [2.24, 2.45) is 0 Å². The topological polar surface area (TPSA) is 78.5 Å². The molecule has 0 saturated carbocycles. The van der Waals surface area contributed by atoms with Crippen molar-refractivity contribution in [1.82, 2.24) is 4.90 Å². The van der Waals surface area contributed by atoms with Gasteiger partial charge in [0.2, 0.25) is 10.0 Å². The van der Waals surface area contributed by atoms with E-state index < -0.39 is 10.0 Å². The molecule has 1 aliphatic rings. The lowest BCUT2D eigenvalue weighted by Crippen LogP contribution is -2.24. The van der Waals surface area contributed by atoms with Gasteiger partial charge in [0.25, 0.3) is 5.91 Å². The summed E-state index contributed by atoms with van der Waals surface area (Å²) in [6.45, 7) is 2.65. The van der Waals surface area contributed by atoms with Crippen molar-refractivity contribution in [1.29, 1.82) is 0 Å². The third-order valence-electron chi connectivity index (χ3n) is 2.81. The summed E-state index contributed by atoms with van der Waals surface area (Å²) in [5.41, 5.74) is 1.28. The minimum Gasteiger partial charge on any atom is -0.360 e. The highest BCUT2D eigenvalue weighted by molar-refractivity contribution is 8.04. The number of thioether (sulfide) groups is 1. The predicted octanol–water partition coefficient (Wildman–Crippen LogP) is 1.86. The maximum Gasteiger partial charge on any atom is 0.262 e. The first-order chi connectivity index (χ1) is 9.89. The minimum atomic E-state index is -3.27. The number of carbonyl (C=O) groups excluding carboxylic acids is 1. The van der Waals surface area contributed by atoms with Gasteiger partial charge in [-0.2, -0.15) is 0 Å². The van der Waals surface area contributed by atoms with Crippen molar-refractivity contribution in [3.05, 3.63) is 35.4 Å². The molecule has 1 aromatic rings. The average molecular weight is 327 g/mol. The highest BCUT2D eigenvalue weighted by Crippen LogP contribution is 2.27. The van der Waals surface area contributed by atoms with Crippen molar-refractivity contribution < 1.29 is 13.2 Å². The SMILES string of the molecule is CCN1CSC(=CNc2ccc(NS(C)(=O)=O)cc2)C1=O. The highest BCUT2D eigenvalue weighted by atomic mass is 32.2. The van der Waals surface area contributed by atoms with Crippen LogP contribution in [0, 0.1) is 0 Å². The standard InChI is InChI=1S/C13H17N3O3S2/c1-3-16-9-20-12(13(16)17)8-14-10-4-6-11(7-5-10)15-21(2,18)19/h4-8,14-15H,3,9H2,1-2H3. The summed E-state index contributed by atoms with van der Waals surface area (Å²) >= 11 is 1.50. The van der Waals surface area contributed by atoms with Crippen molar-refractivity contribution >= 4 is 39.1 Å². The van der Waals surface area contributed by atoms with Crippen LogP contribution < -0.4 is 10.0 Å². The number of benzene rings is 1. The summed E-state index contributed by atoms with van der Waals surface area (Å²) in [5.74, 6) is 0.713. The lowest BCUT2D eigenvalue weighted by atomic mass is 10.3. The molecule has 0 unspecified atom stereocenters. The van der Waals surface area contributed by atoms with Gasteiger partial charge in [-0.3, -0.25) is 9.52 Å². The van der Waals surface area contributed by atoms with Gasteiger partial charge in [0.15, 0.2) is 0 Å². The number of carbonyl (C=O) groups is 1. The Balaban J connectivity index is 2.00. The average Bonchev–Trinajstić information content (AvgIpc) is 2.77. The Labute approximate surface area is 128 Å². The fraction of sp³-hybridized carbons (Fsp3) is 0.308. The molecule has 2 N–H and O–H groups in total. The smallest absolute Gasteiger partial charge is 0.262 e. The second-order valence-corrected chi connectivity index (χ2v) is 7.27. The van der Waals surface area contributed by atoms with Crippen LogP contribution in [0.3, 0.4) is 0 Å². The molecule has 0 bridgehead atoms. The van der Waals surface area contributed by atoms with Crippen LogP contribution in [0.15, 0.2) is 35.4 Å².